The van der Waals surface area contributed by atoms with Gasteiger partial charge in [-0.2, -0.15) is 0 Å². The maximum atomic E-state index is 12.0. The van der Waals surface area contributed by atoms with E-state index in [1.807, 2.05) is 13.0 Å². The Labute approximate surface area is 148 Å². The monoisotopic (exact) mass is 368 g/mol. The molecule has 24 heavy (non-hydrogen) atoms. The Morgan fingerprint density at radius 1 is 1.29 bits per heavy atom. The number of benzene rings is 2. The third-order valence-electron chi connectivity index (χ3n) is 3.21. The van der Waals surface area contributed by atoms with Gasteiger partial charge in [0.2, 0.25) is 0 Å². The van der Waals surface area contributed by atoms with Crippen molar-refractivity contribution >= 4 is 34.8 Å². The van der Waals surface area contributed by atoms with Gasteiger partial charge in [0.1, 0.15) is 5.75 Å². The number of nitrogens with zero attached hydrogens (tertiary/aromatic N) is 1. The zero-order chi connectivity index (χ0) is 17.7. The van der Waals surface area contributed by atoms with Crippen molar-refractivity contribution in [1.29, 1.82) is 0 Å². The van der Waals surface area contributed by atoms with Gasteiger partial charge in [-0.1, -0.05) is 35.3 Å². The molecule has 0 bridgehead atoms. The SMILES string of the molecule is C[C@@H](NC(=O)COc1ccc([N+](=O)[O-])cc1Cl)c1cccc(Cl)c1. The summed E-state index contributed by atoms with van der Waals surface area (Å²) in [5.74, 6) is -0.148. The van der Waals surface area contributed by atoms with Crippen molar-refractivity contribution < 1.29 is 14.5 Å². The molecule has 0 aliphatic rings. The van der Waals surface area contributed by atoms with Crippen LogP contribution in [0.15, 0.2) is 42.5 Å². The molecule has 2 aromatic carbocycles. The summed E-state index contributed by atoms with van der Waals surface area (Å²) in [5, 5.41) is 14.1. The molecule has 6 nitrogen and oxygen atoms in total. The van der Waals surface area contributed by atoms with E-state index in [9.17, 15) is 14.9 Å². The number of carbonyl (C=O) groups is 1. The average molecular weight is 369 g/mol. The van der Waals surface area contributed by atoms with E-state index in [2.05, 4.69) is 5.32 Å². The lowest BCUT2D eigenvalue weighted by Crippen LogP contribution is -2.31. The summed E-state index contributed by atoms with van der Waals surface area (Å²) in [5.41, 5.74) is 0.718. The summed E-state index contributed by atoms with van der Waals surface area (Å²) in [6.45, 7) is 1.56. The van der Waals surface area contributed by atoms with Crippen molar-refractivity contribution in [1.82, 2.24) is 5.32 Å². The number of halogens is 2. The van der Waals surface area contributed by atoms with Crippen LogP contribution in [0.2, 0.25) is 10.0 Å². The van der Waals surface area contributed by atoms with Gasteiger partial charge in [-0.05, 0) is 30.7 Å². The van der Waals surface area contributed by atoms with Crippen molar-refractivity contribution in [2.24, 2.45) is 0 Å². The Kier molecular flexibility index (Phi) is 6.00. The van der Waals surface area contributed by atoms with E-state index in [0.29, 0.717) is 5.02 Å². The number of carbonyl (C=O) groups excluding carboxylic acids is 1. The van der Waals surface area contributed by atoms with Gasteiger partial charge in [0.15, 0.2) is 6.61 Å². The number of ether oxygens (including phenoxy) is 1. The minimum atomic E-state index is -0.560. The molecule has 2 rings (SSSR count). The Hall–Kier alpha value is -2.31. The average Bonchev–Trinajstić information content (AvgIpc) is 2.53. The van der Waals surface area contributed by atoms with Crippen molar-refractivity contribution in [3.8, 4) is 5.75 Å². The molecular formula is C16H14Cl2N2O4. The van der Waals surface area contributed by atoms with Crippen LogP contribution in [0.5, 0.6) is 5.75 Å². The molecule has 0 saturated carbocycles. The highest BCUT2D eigenvalue weighted by Crippen LogP contribution is 2.28. The molecule has 126 valence electrons. The molecule has 1 atom stereocenters. The Morgan fingerprint density at radius 2 is 2.04 bits per heavy atom. The fourth-order valence-electron chi connectivity index (χ4n) is 2.01. The van der Waals surface area contributed by atoms with E-state index < -0.39 is 4.92 Å². The van der Waals surface area contributed by atoms with Crippen LogP contribution in [0.1, 0.15) is 18.5 Å². The first-order valence-electron chi connectivity index (χ1n) is 6.98. The molecule has 0 heterocycles. The second kappa shape index (κ2) is 7.99. The van der Waals surface area contributed by atoms with Crippen LogP contribution >= 0.6 is 23.2 Å². The van der Waals surface area contributed by atoms with E-state index in [0.717, 1.165) is 5.56 Å². The van der Waals surface area contributed by atoms with Crippen LogP contribution < -0.4 is 10.1 Å². The first-order chi connectivity index (χ1) is 11.4. The van der Waals surface area contributed by atoms with Gasteiger partial charge in [0.05, 0.1) is 16.0 Å². The lowest BCUT2D eigenvalue weighted by molar-refractivity contribution is -0.384. The molecule has 0 unspecified atom stereocenters. The van der Waals surface area contributed by atoms with Crippen molar-refractivity contribution in [2.75, 3.05) is 6.61 Å². The standard InChI is InChI=1S/C16H14Cl2N2O4/c1-10(11-3-2-4-12(17)7-11)19-16(21)9-24-15-6-5-13(20(22)23)8-14(15)18/h2-8,10H,9H2,1H3,(H,19,21)/t10-/m1/s1. The van der Waals surface area contributed by atoms with Crippen molar-refractivity contribution in [2.45, 2.75) is 13.0 Å². The number of nitro benzene ring substituents is 1. The molecule has 0 saturated heterocycles. The zero-order valence-corrected chi connectivity index (χ0v) is 14.2. The number of hydrogen-bond donors (Lipinski definition) is 1. The topological polar surface area (TPSA) is 81.5 Å². The summed E-state index contributed by atoms with van der Waals surface area (Å²) in [6, 6.07) is 10.7. The van der Waals surface area contributed by atoms with Gasteiger partial charge in [0.25, 0.3) is 11.6 Å². The maximum absolute atomic E-state index is 12.0. The van der Waals surface area contributed by atoms with Crippen LogP contribution in [0.25, 0.3) is 0 Å². The third kappa shape index (κ3) is 4.84. The van der Waals surface area contributed by atoms with E-state index in [4.69, 9.17) is 27.9 Å². The Morgan fingerprint density at radius 3 is 2.67 bits per heavy atom. The molecule has 2 aromatic rings. The fourth-order valence-corrected chi connectivity index (χ4v) is 2.43. The molecule has 0 aromatic heterocycles. The number of nitro groups is 1. The molecule has 0 aliphatic heterocycles. The maximum Gasteiger partial charge on any atom is 0.271 e. The minimum Gasteiger partial charge on any atom is -0.482 e. The van der Waals surface area contributed by atoms with E-state index >= 15 is 0 Å². The molecule has 0 fully saturated rings. The smallest absolute Gasteiger partial charge is 0.271 e. The van der Waals surface area contributed by atoms with Crippen LogP contribution in [-0.2, 0) is 4.79 Å². The molecule has 8 heteroatoms. The van der Waals surface area contributed by atoms with E-state index in [1.165, 1.54) is 18.2 Å². The summed E-state index contributed by atoms with van der Waals surface area (Å²) >= 11 is 11.8. The van der Waals surface area contributed by atoms with Gasteiger partial charge in [-0.15, -0.1) is 0 Å². The Balaban J connectivity index is 1.92. The minimum absolute atomic E-state index is 0.0693. The molecule has 0 aliphatic carbocycles. The molecular weight excluding hydrogens is 355 g/mol. The second-order valence-corrected chi connectivity index (χ2v) is 5.85. The third-order valence-corrected chi connectivity index (χ3v) is 3.74. The number of amides is 1. The van der Waals surface area contributed by atoms with Crippen LogP contribution in [0.4, 0.5) is 5.69 Å². The zero-order valence-electron chi connectivity index (χ0n) is 12.7. The van der Waals surface area contributed by atoms with E-state index in [-0.39, 0.29) is 35.0 Å². The van der Waals surface area contributed by atoms with Gasteiger partial charge < -0.3 is 10.1 Å². The first kappa shape index (κ1) is 18.0. The normalized spacial score (nSPS) is 11.6. The lowest BCUT2D eigenvalue weighted by atomic mass is 10.1. The summed E-state index contributed by atoms with van der Waals surface area (Å²) in [4.78, 5) is 22.0. The summed E-state index contributed by atoms with van der Waals surface area (Å²) in [6.07, 6.45) is 0. The summed E-state index contributed by atoms with van der Waals surface area (Å²) in [7, 11) is 0. The largest absolute Gasteiger partial charge is 0.482 e. The van der Waals surface area contributed by atoms with Crippen molar-refractivity contribution in [3.63, 3.8) is 0 Å². The van der Waals surface area contributed by atoms with Gasteiger partial charge in [-0.25, -0.2) is 0 Å². The highest BCUT2D eigenvalue weighted by molar-refractivity contribution is 6.32. The highest BCUT2D eigenvalue weighted by Gasteiger charge is 2.13. The van der Waals surface area contributed by atoms with E-state index in [1.54, 1.807) is 18.2 Å². The van der Waals surface area contributed by atoms with Gasteiger partial charge in [-0.3, -0.25) is 14.9 Å². The fraction of sp³-hybridized carbons (Fsp3) is 0.188. The summed E-state index contributed by atoms with van der Waals surface area (Å²) < 4.78 is 5.30. The van der Waals surface area contributed by atoms with Crippen LogP contribution in [-0.4, -0.2) is 17.4 Å². The molecule has 0 spiro atoms. The quantitative estimate of drug-likeness (QED) is 0.612. The molecule has 0 radical (unpaired) electrons. The first-order valence-corrected chi connectivity index (χ1v) is 7.74. The van der Waals surface area contributed by atoms with Gasteiger partial charge in [0, 0.05) is 17.2 Å². The lowest BCUT2D eigenvalue weighted by Gasteiger charge is -2.15. The second-order valence-electron chi connectivity index (χ2n) is 5.00. The predicted octanol–water partition coefficient (Wildman–Crippen LogP) is 4.16. The van der Waals surface area contributed by atoms with Crippen LogP contribution in [0, 0.1) is 10.1 Å². The molecule has 1 N–H and O–H groups in total. The number of nitrogens with one attached hydrogen (secondary N) is 1. The highest BCUT2D eigenvalue weighted by atomic mass is 35.5. The van der Waals surface area contributed by atoms with Gasteiger partial charge >= 0.3 is 0 Å². The van der Waals surface area contributed by atoms with Crippen LogP contribution in [0.3, 0.4) is 0 Å². The number of hydrogen-bond acceptors (Lipinski definition) is 4. The predicted molar refractivity (Wildman–Crippen MR) is 91.6 cm³/mol. The number of rotatable bonds is 6. The van der Waals surface area contributed by atoms with Crippen molar-refractivity contribution in [3.05, 3.63) is 68.2 Å². The Bertz CT molecular complexity index is 767. The number of non-ortho nitro benzene ring substituents is 1. The molecule has 1 amide bonds.